The molecular formula is C28H28N6O5S. The van der Waals surface area contributed by atoms with Gasteiger partial charge in [0.1, 0.15) is 10.9 Å². The quantitative estimate of drug-likeness (QED) is 0.279. The Balaban J connectivity index is 1.67. The number of rotatable bonds is 9. The molecule has 0 bridgehead atoms. The van der Waals surface area contributed by atoms with E-state index in [9.17, 15) is 14.4 Å². The van der Waals surface area contributed by atoms with E-state index < -0.39 is 23.8 Å². The fourth-order valence-corrected chi connectivity index (χ4v) is 5.16. The van der Waals surface area contributed by atoms with Crippen molar-refractivity contribution in [3.8, 4) is 11.5 Å². The van der Waals surface area contributed by atoms with E-state index >= 15 is 0 Å². The molecule has 2 aromatic carbocycles. The highest BCUT2D eigenvalue weighted by Gasteiger charge is 2.37. The van der Waals surface area contributed by atoms with Crippen molar-refractivity contribution < 1.29 is 23.9 Å². The molecule has 5 N–H and O–H groups in total. The second-order valence-electron chi connectivity index (χ2n) is 9.68. The van der Waals surface area contributed by atoms with E-state index in [0.717, 1.165) is 28.9 Å². The Labute approximate surface area is 234 Å². The van der Waals surface area contributed by atoms with E-state index in [-0.39, 0.29) is 23.1 Å². The first-order valence-corrected chi connectivity index (χ1v) is 13.4. The van der Waals surface area contributed by atoms with E-state index in [1.54, 1.807) is 42.6 Å². The predicted octanol–water partition coefficient (Wildman–Crippen LogP) is 3.65. The summed E-state index contributed by atoms with van der Waals surface area (Å²) in [5, 5.41) is 3.78. The molecule has 40 heavy (non-hydrogen) atoms. The van der Waals surface area contributed by atoms with Gasteiger partial charge in [-0.1, -0.05) is 26.0 Å². The zero-order valence-electron chi connectivity index (χ0n) is 21.9. The summed E-state index contributed by atoms with van der Waals surface area (Å²) in [5.41, 5.74) is 12.9. The molecular weight excluding hydrogens is 532 g/mol. The van der Waals surface area contributed by atoms with Crippen molar-refractivity contribution in [1.82, 2.24) is 14.7 Å². The van der Waals surface area contributed by atoms with Gasteiger partial charge in [-0.3, -0.25) is 24.3 Å². The summed E-state index contributed by atoms with van der Waals surface area (Å²) in [6.07, 6.45) is 2.44. The van der Waals surface area contributed by atoms with Crippen molar-refractivity contribution in [1.29, 1.82) is 0 Å². The second kappa shape index (κ2) is 11.2. The number of hydrogen-bond donors (Lipinski definition) is 3. The summed E-state index contributed by atoms with van der Waals surface area (Å²) in [7, 11) is 0. The number of carbonyl (C=O) groups excluding carboxylic acids is 3. The Hall–Kier alpha value is -4.71. The van der Waals surface area contributed by atoms with Crippen LogP contribution in [-0.4, -0.2) is 40.4 Å². The maximum absolute atomic E-state index is 14.3. The Morgan fingerprint density at radius 1 is 1.10 bits per heavy atom. The third-order valence-electron chi connectivity index (χ3n) is 6.48. The molecule has 3 amide bonds. The number of nitrogen functional groups attached to an aromatic ring is 1. The van der Waals surface area contributed by atoms with Gasteiger partial charge < -0.3 is 26.3 Å². The minimum atomic E-state index is -1.12. The summed E-state index contributed by atoms with van der Waals surface area (Å²) >= 11 is 0.745. The molecule has 0 saturated carbocycles. The average Bonchev–Trinajstić information content (AvgIpc) is 3.56. The van der Waals surface area contributed by atoms with Gasteiger partial charge in [0.05, 0.1) is 11.2 Å². The van der Waals surface area contributed by atoms with E-state index in [1.165, 1.54) is 4.90 Å². The molecule has 0 aliphatic carbocycles. The lowest BCUT2D eigenvalue weighted by Gasteiger charge is -2.31. The first-order chi connectivity index (χ1) is 19.2. The average molecular weight is 561 g/mol. The maximum atomic E-state index is 14.3. The molecule has 1 atom stereocenters. The SMILES string of the molecule is CC(C)CCNC(=O)[C@@H](c1ccc2ncccc2c1)N(C(=O)c1snc(C(N)=O)c1N)c1ccc2c(c1)OCO2. The van der Waals surface area contributed by atoms with Crippen LogP contribution in [0.25, 0.3) is 10.9 Å². The molecule has 12 heteroatoms. The molecule has 5 rings (SSSR count). The number of ether oxygens (including phenoxy) is 2. The zero-order chi connectivity index (χ0) is 28.4. The van der Waals surface area contributed by atoms with Gasteiger partial charge in [0.2, 0.25) is 12.7 Å². The van der Waals surface area contributed by atoms with Crippen molar-refractivity contribution in [3.63, 3.8) is 0 Å². The number of amides is 3. The Morgan fingerprint density at radius 3 is 2.65 bits per heavy atom. The molecule has 0 unspecified atom stereocenters. The van der Waals surface area contributed by atoms with Gasteiger partial charge in [-0.15, -0.1) is 0 Å². The number of fused-ring (bicyclic) bond motifs is 2. The van der Waals surface area contributed by atoms with Crippen molar-refractivity contribution in [2.75, 3.05) is 24.0 Å². The fraction of sp³-hybridized carbons (Fsp3) is 0.250. The molecule has 206 valence electrons. The van der Waals surface area contributed by atoms with Crippen molar-refractivity contribution in [2.45, 2.75) is 26.3 Å². The Bertz CT molecular complexity index is 1600. The number of carbonyl (C=O) groups is 3. The third-order valence-corrected chi connectivity index (χ3v) is 7.33. The minimum Gasteiger partial charge on any atom is -0.454 e. The molecule has 11 nitrogen and oxygen atoms in total. The molecule has 2 aromatic heterocycles. The molecule has 0 saturated heterocycles. The molecule has 3 heterocycles. The number of nitrogens with one attached hydrogen (secondary N) is 1. The molecule has 0 radical (unpaired) electrons. The first-order valence-electron chi connectivity index (χ1n) is 12.6. The van der Waals surface area contributed by atoms with Gasteiger partial charge >= 0.3 is 0 Å². The smallest absolute Gasteiger partial charge is 0.273 e. The van der Waals surface area contributed by atoms with Gasteiger partial charge in [-0.05, 0) is 59.8 Å². The zero-order valence-corrected chi connectivity index (χ0v) is 22.7. The first kappa shape index (κ1) is 26.9. The Kier molecular flexibility index (Phi) is 7.52. The number of benzene rings is 2. The number of primary amides is 1. The van der Waals surface area contributed by atoms with Crippen LogP contribution < -0.4 is 31.2 Å². The lowest BCUT2D eigenvalue weighted by atomic mass is 10.00. The lowest BCUT2D eigenvalue weighted by molar-refractivity contribution is -0.122. The van der Waals surface area contributed by atoms with E-state index in [2.05, 4.69) is 28.5 Å². The van der Waals surface area contributed by atoms with Crippen LogP contribution in [0.4, 0.5) is 11.4 Å². The van der Waals surface area contributed by atoms with Crippen molar-refractivity contribution in [2.24, 2.45) is 11.7 Å². The van der Waals surface area contributed by atoms with Crippen LogP contribution in [0.15, 0.2) is 54.7 Å². The highest BCUT2D eigenvalue weighted by Crippen LogP contribution is 2.40. The normalized spacial score (nSPS) is 12.9. The summed E-state index contributed by atoms with van der Waals surface area (Å²) < 4.78 is 15.0. The van der Waals surface area contributed by atoms with Crippen LogP contribution in [0.1, 0.15) is 52.0 Å². The highest BCUT2D eigenvalue weighted by molar-refractivity contribution is 7.09. The standard InChI is InChI=1S/C28H28N6O5S/c1-15(2)9-11-32-27(36)24(17-5-7-19-16(12-17)4-3-10-31-19)34(18-6-8-20-21(13-18)39-14-38-20)28(37)25-22(29)23(26(30)35)33-40-25/h3-8,10,12-13,15,24H,9,11,14,29H2,1-2H3,(H2,30,35)(H,32,36)/t24-/m1/s1. The van der Waals surface area contributed by atoms with Gasteiger partial charge in [-0.25, -0.2) is 0 Å². The van der Waals surface area contributed by atoms with Gasteiger partial charge in [0, 0.05) is 29.9 Å². The van der Waals surface area contributed by atoms with Gasteiger partial charge in [0.15, 0.2) is 17.2 Å². The molecule has 1 aliphatic rings. The van der Waals surface area contributed by atoms with E-state index in [1.807, 2.05) is 12.1 Å². The third kappa shape index (κ3) is 5.25. The van der Waals surface area contributed by atoms with E-state index in [4.69, 9.17) is 20.9 Å². The maximum Gasteiger partial charge on any atom is 0.273 e. The monoisotopic (exact) mass is 560 g/mol. The number of hydrogen-bond acceptors (Lipinski definition) is 9. The largest absolute Gasteiger partial charge is 0.454 e. The Morgan fingerprint density at radius 2 is 1.90 bits per heavy atom. The molecule has 0 fully saturated rings. The van der Waals surface area contributed by atoms with Gasteiger partial charge in [-0.2, -0.15) is 4.37 Å². The van der Waals surface area contributed by atoms with Crippen LogP contribution in [-0.2, 0) is 4.79 Å². The number of aromatic nitrogens is 2. The van der Waals surface area contributed by atoms with Crippen LogP contribution >= 0.6 is 11.5 Å². The topological polar surface area (TPSA) is 163 Å². The number of pyridine rings is 1. The highest BCUT2D eigenvalue weighted by atomic mass is 32.1. The number of anilines is 2. The van der Waals surface area contributed by atoms with Crippen LogP contribution in [0, 0.1) is 5.92 Å². The van der Waals surface area contributed by atoms with Crippen LogP contribution in [0.2, 0.25) is 0 Å². The summed E-state index contributed by atoms with van der Waals surface area (Å²) in [4.78, 5) is 45.8. The minimum absolute atomic E-state index is 0.0195. The molecule has 0 spiro atoms. The van der Waals surface area contributed by atoms with Crippen molar-refractivity contribution in [3.05, 3.63) is 70.9 Å². The van der Waals surface area contributed by atoms with Crippen LogP contribution in [0.5, 0.6) is 11.5 Å². The second-order valence-corrected chi connectivity index (χ2v) is 10.5. The fourth-order valence-electron chi connectivity index (χ4n) is 4.42. The van der Waals surface area contributed by atoms with Crippen molar-refractivity contribution >= 4 is 51.5 Å². The molecule has 4 aromatic rings. The van der Waals surface area contributed by atoms with Gasteiger partial charge in [0.25, 0.3) is 11.8 Å². The molecule has 1 aliphatic heterocycles. The van der Waals surface area contributed by atoms with E-state index in [0.29, 0.717) is 35.2 Å². The number of nitrogens with two attached hydrogens (primary N) is 2. The lowest BCUT2D eigenvalue weighted by Crippen LogP contribution is -2.44. The summed E-state index contributed by atoms with van der Waals surface area (Å²) in [6.45, 7) is 4.57. The van der Waals surface area contributed by atoms with Crippen LogP contribution in [0.3, 0.4) is 0 Å². The predicted molar refractivity (Wildman–Crippen MR) is 151 cm³/mol. The summed E-state index contributed by atoms with van der Waals surface area (Å²) in [6, 6.07) is 12.9. The number of nitrogens with zero attached hydrogens (tertiary/aromatic N) is 3. The summed E-state index contributed by atoms with van der Waals surface area (Å²) in [5.74, 6) is -0.579.